The highest BCUT2D eigenvalue weighted by molar-refractivity contribution is 7.86. The van der Waals surface area contributed by atoms with Crippen molar-refractivity contribution < 1.29 is 17.3 Å². The number of rotatable bonds is 14. The molecule has 0 unspecified atom stereocenters. The molecule has 2 atom stereocenters. The minimum atomic E-state index is -3.72. The second-order valence-corrected chi connectivity index (χ2v) is 8.96. The Labute approximate surface area is 159 Å². The van der Waals surface area contributed by atoms with E-state index < -0.39 is 10.1 Å². The molecular weight excluding hydrogens is 348 g/mol. The summed E-state index contributed by atoms with van der Waals surface area (Å²) in [6, 6.07) is 6.79. The van der Waals surface area contributed by atoms with Gasteiger partial charge in [-0.05, 0) is 25.5 Å². The van der Waals surface area contributed by atoms with Crippen LogP contribution in [0.3, 0.4) is 0 Å². The van der Waals surface area contributed by atoms with Crippen LogP contribution in [-0.2, 0) is 19.0 Å². The standard InChI is InChI=1S/C21H34O4S/c1-3-4-5-6-7-8-9-10-11-12-20(21-17-24-21)25-26(22,23)19-15-13-18(2)14-16-19/h13-16,20-21H,3-12,17H2,1-2H3/t20-,21+/m1/s1. The molecule has 26 heavy (non-hydrogen) atoms. The molecule has 1 aromatic carbocycles. The maximum atomic E-state index is 12.5. The van der Waals surface area contributed by atoms with Crippen molar-refractivity contribution in [2.24, 2.45) is 0 Å². The van der Waals surface area contributed by atoms with Crippen molar-refractivity contribution in [2.45, 2.75) is 95.2 Å². The number of aryl methyl sites for hydroxylation is 1. The topological polar surface area (TPSA) is 55.9 Å². The lowest BCUT2D eigenvalue weighted by Gasteiger charge is -2.15. The van der Waals surface area contributed by atoms with Crippen molar-refractivity contribution in [1.82, 2.24) is 0 Å². The summed E-state index contributed by atoms with van der Waals surface area (Å²) in [5.41, 5.74) is 1.03. The quantitative estimate of drug-likeness (QED) is 0.246. The van der Waals surface area contributed by atoms with Crippen LogP contribution in [0.15, 0.2) is 29.2 Å². The van der Waals surface area contributed by atoms with Gasteiger partial charge in [0, 0.05) is 0 Å². The second-order valence-electron chi connectivity index (χ2n) is 7.39. The first-order valence-corrected chi connectivity index (χ1v) is 11.6. The first-order valence-electron chi connectivity index (χ1n) is 10.1. The summed E-state index contributed by atoms with van der Waals surface area (Å²) in [6.07, 6.45) is 11.6. The smallest absolute Gasteiger partial charge is 0.297 e. The molecule has 0 amide bonds. The van der Waals surface area contributed by atoms with Crippen LogP contribution in [0, 0.1) is 6.92 Å². The average molecular weight is 383 g/mol. The molecule has 1 heterocycles. The zero-order chi connectivity index (χ0) is 18.8. The van der Waals surface area contributed by atoms with Crippen molar-refractivity contribution in [3.63, 3.8) is 0 Å². The van der Waals surface area contributed by atoms with E-state index in [9.17, 15) is 8.42 Å². The summed E-state index contributed by atoms with van der Waals surface area (Å²) < 4.78 is 35.8. The van der Waals surface area contributed by atoms with Gasteiger partial charge in [-0.3, -0.25) is 4.18 Å². The van der Waals surface area contributed by atoms with Gasteiger partial charge in [-0.25, -0.2) is 0 Å². The maximum Gasteiger partial charge on any atom is 0.297 e. The van der Waals surface area contributed by atoms with Crippen LogP contribution in [0.2, 0.25) is 0 Å². The van der Waals surface area contributed by atoms with Crippen LogP contribution in [0.1, 0.15) is 76.7 Å². The van der Waals surface area contributed by atoms with E-state index in [1.165, 1.54) is 44.9 Å². The molecule has 5 heteroatoms. The molecule has 0 N–H and O–H groups in total. The van der Waals surface area contributed by atoms with Crippen molar-refractivity contribution in [3.8, 4) is 0 Å². The van der Waals surface area contributed by atoms with Gasteiger partial charge in [0.15, 0.2) is 0 Å². The van der Waals surface area contributed by atoms with E-state index in [1.807, 2.05) is 6.92 Å². The number of hydrogen-bond acceptors (Lipinski definition) is 4. The van der Waals surface area contributed by atoms with Gasteiger partial charge in [0.1, 0.15) is 12.2 Å². The van der Waals surface area contributed by atoms with E-state index >= 15 is 0 Å². The summed E-state index contributed by atoms with van der Waals surface area (Å²) in [4.78, 5) is 0.223. The predicted molar refractivity (Wildman–Crippen MR) is 105 cm³/mol. The molecule has 1 aliphatic heterocycles. The summed E-state index contributed by atoms with van der Waals surface area (Å²) in [7, 11) is -3.72. The molecule has 0 spiro atoms. The van der Waals surface area contributed by atoms with E-state index in [4.69, 9.17) is 8.92 Å². The van der Waals surface area contributed by atoms with Crippen LogP contribution in [0.5, 0.6) is 0 Å². The third-order valence-corrected chi connectivity index (χ3v) is 6.28. The minimum Gasteiger partial charge on any atom is -0.370 e. The van der Waals surface area contributed by atoms with Gasteiger partial charge < -0.3 is 4.74 Å². The number of unbranched alkanes of at least 4 members (excludes halogenated alkanes) is 8. The molecule has 4 nitrogen and oxygen atoms in total. The Balaban J connectivity index is 1.69. The Morgan fingerprint density at radius 2 is 1.54 bits per heavy atom. The Kier molecular flexibility index (Phi) is 9.09. The highest BCUT2D eigenvalue weighted by Crippen LogP contribution is 2.26. The first kappa shape index (κ1) is 21.4. The Morgan fingerprint density at radius 3 is 2.08 bits per heavy atom. The van der Waals surface area contributed by atoms with Gasteiger partial charge in [0.2, 0.25) is 0 Å². The van der Waals surface area contributed by atoms with Crippen LogP contribution in [0.25, 0.3) is 0 Å². The van der Waals surface area contributed by atoms with Gasteiger partial charge in [0.05, 0.1) is 11.5 Å². The second kappa shape index (κ2) is 11.1. The van der Waals surface area contributed by atoms with Crippen LogP contribution in [-0.4, -0.2) is 27.2 Å². The maximum absolute atomic E-state index is 12.5. The molecule has 148 valence electrons. The monoisotopic (exact) mass is 382 g/mol. The number of ether oxygens (including phenoxy) is 1. The summed E-state index contributed by atoms with van der Waals surface area (Å²) in [5.74, 6) is 0. The molecule has 2 rings (SSSR count). The normalized spacial score (nSPS) is 18.0. The number of benzene rings is 1. The number of epoxide rings is 1. The highest BCUT2D eigenvalue weighted by Gasteiger charge is 2.36. The zero-order valence-corrected chi connectivity index (χ0v) is 17.1. The third-order valence-electron chi connectivity index (χ3n) is 4.93. The summed E-state index contributed by atoms with van der Waals surface area (Å²) in [6.45, 7) is 4.77. The van der Waals surface area contributed by atoms with Gasteiger partial charge in [-0.1, -0.05) is 82.4 Å². The third kappa shape index (κ3) is 7.77. The lowest BCUT2D eigenvalue weighted by atomic mass is 10.0. The SMILES string of the molecule is CCCCCCCCCCC[C@@H](OS(=O)(=O)c1ccc(C)cc1)[C@@H]1CO1. The molecule has 1 fully saturated rings. The van der Waals surface area contributed by atoms with Crippen molar-refractivity contribution in [2.75, 3.05) is 6.61 Å². The van der Waals surface area contributed by atoms with E-state index in [1.54, 1.807) is 24.3 Å². The highest BCUT2D eigenvalue weighted by atomic mass is 32.2. The first-order chi connectivity index (χ1) is 12.5. The zero-order valence-electron chi connectivity index (χ0n) is 16.3. The minimum absolute atomic E-state index is 0.0655. The average Bonchev–Trinajstić information content (AvgIpc) is 3.44. The Hall–Kier alpha value is -0.910. The molecule has 0 aliphatic carbocycles. The van der Waals surface area contributed by atoms with E-state index in [2.05, 4.69) is 6.92 Å². The molecule has 0 aromatic heterocycles. The van der Waals surface area contributed by atoms with Crippen molar-refractivity contribution in [3.05, 3.63) is 29.8 Å². The molecular formula is C21H34O4S. The van der Waals surface area contributed by atoms with E-state index in [0.717, 1.165) is 24.8 Å². The Bertz CT molecular complexity index is 605. The summed E-state index contributed by atoms with van der Waals surface area (Å²) >= 11 is 0. The van der Waals surface area contributed by atoms with Gasteiger partial charge in [-0.2, -0.15) is 8.42 Å². The lowest BCUT2D eigenvalue weighted by Crippen LogP contribution is -2.24. The lowest BCUT2D eigenvalue weighted by molar-refractivity contribution is 0.153. The fourth-order valence-corrected chi connectivity index (χ4v) is 4.27. The van der Waals surface area contributed by atoms with Crippen LogP contribution in [0.4, 0.5) is 0 Å². The largest absolute Gasteiger partial charge is 0.370 e. The molecule has 0 radical (unpaired) electrons. The van der Waals surface area contributed by atoms with Crippen molar-refractivity contribution >= 4 is 10.1 Å². The number of hydrogen-bond donors (Lipinski definition) is 0. The molecule has 0 bridgehead atoms. The van der Waals surface area contributed by atoms with Gasteiger partial charge >= 0.3 is 0 Å². The van der Waals surface area contributed by atoms with Crippen LogP contribution < -0.4 is 0 Å². The fraction of sp³-hybridized carbons (Fsp3) is 0.714. The Morgan fingerprint density at radius 1 is 1.00 bits per heavy atom. The fourth-order valence-electron chi connectivity index (χ4n) is 3.15. The molecule has 1 aromatic rings. The van der Waals surface area contributed by atoms with Gasteiger partial charge in [-0.15, -0.1) is 0 Å². The molecule has 1 saturated heterocycles. The van der Waals surface area contributed by atoms with E-state index in [0.29, 0.717) is 6.61 Å². The summed E-state index contributed by atoms with van der Waals surface area (Å²) in [5, 5.41) is 0. The van der Waals surface area contributed by atoms with Crippen molar-refractivity contribution in [1.29, 1.82) is 0 Å². The van der Waals surface area contributed by atoms with Gasteiger partial charge in [0.25, 0.3) is 10.1 Å². The molecule has 1 aliphatic rings. The molecule has 0 saturated carbocycles. The van der Waals surface area contributed by atoms with E-state index in [-0.39, 0.29) is 17.1 Å². The van der Waals surface area contributed by atoms with Crippen LogP contribution >= 0.6 is 0 Å². The predicted octanol–water partition coefficient (Wildman–Crippen LogP) is 5.39.